The lowest BCUT2D eigenvalue weighted by atomic mass is 9.57. The Morgan fingerprint density at radius 2 is 1.16 bits per heavy atom. The Kier molecular flexibility index (Phi) is 40.4. The molecule has 4 unspecified atom stereocenters. The minimum absolute atomic E-state index is 0.00596. The number of hydrogen-bond acceptors (Lipinski definition) is 26. The van der Waals surface area contributed by atoms with Crippen molar-refractivity contribution in [1.29, 1.82) is 0 Å². The minimum Gasteiger partial charge on any atom is -0.458 e. The SMILES string of the molecule is CCC1(O)C(=O)OCc2c1cc1n(c2=O)Cc2c-1nc1cc(F)c(C)c3c1c2C(NC(=O)CNC(=O)C(CCCCN)NC(=O)C(NC(=O)CCOCCOCCOCCOCCOCCOCCOCCOCCOCCOCCOCCOCCOCCC(=O)N1CCC2(CC1)CC(C(=O)NCCC(=O)N1Cc4ccccc4C#Cc4ccccc41)C2)C(C)C)CC3. The first-order valence-electron chi connectivity index (χ1n) is 45.4. The van der Waals surface area contributed by atoms with Crippen LogP contribution in [0.1, 0.15) is 154 Å². The molecule has 11 rings (SSSR count). The molecule has 1 saturated heterocycles. The fraction of sp³-hybridized carbons (Fsp3) is 0.617. The zero-order valence-electron chi connectivity index (χ0n) is 75.0. The summed E-state index contributed by atoms with van der Waals surface area (Å²) in [6, 6.07) is 15.7. The lowest BCUT2D eigenvalue weighted by Gasteiger charge is -2.51. The Labute approximate surface area is 752 Å². The highest BCUT2D eigenvalue weighted by Gasteiger charge is 2.50. The number of nitrogens with zero attached hydrogens (tertiary/aromatic N) is 4. The van der Waals surface area contributed by atoms with Crippen LogP contribution in [0.5, 0.6) is 0 Å². The number of pyridine rings is 2. The molecule has 34 nitrogen and oxygen atoms in total. The number of para-hydroxylation sites is 1. The van der Waals surface area contributed by atoms with Gasteiger partial charge in [0, 0.05) is 72.1 Å². The molecular weight excluding hydrogens is 1670 g/mol. The van der Waals surface area contributed by atoms with Crippen LogP contribution in [0.4, 0.5) is 10.1 Å². The van der Waals surface area contributed by atoms with Crippen molar-refractivity contribution >= 4 is 63.9 Å². The second-order valence-electron chi connectivity index (χ2n) is 33.2. The van der Waals surface area contributed by atoms with E-state index in [1.165, 1.54) is 10.6 Å². The zero-order valence-corrected chi connectivity index (χ0v) is 75.0. The molecule has 706 valence electrons. The van der Waals surface area contributed by atoms with E-state index in [0.29, 0.717) is 249 Å². The van der Waals surface area contributed by atoms with Crippen LogP contribution in [0.3, 0.4) is 0 Å². The summed E-state index contributed by atoms with van der Waals surface area (Å²) in [7, 11) is 0. The number of esters is 1. The number of halogens is 1. The van der Waals surface area contributed by atoms with Gasteiger partial charge < -0.3 is 118 Å². The highest BCUT2D eigenvalue weighted by Crippen LogP contribution is 2.53. The average Bonchev–Trinajstić information content (AvgIpc) is 1.58. The van der Waals surface area contributed by atoms with Gasteiger partial charge in [-0.25, -0.2) is 14.2 Å². The van der Waals surface area contributed by atoms with Crippen molar-refractivity contribution < 1.29 is 114 Å². The number of likely N-dealkylation sites (tertiary alicyclic amines) is 1. The van der Waals surface area contributed by atoms with Gasteiger partial charge in [0.1, 0.15) is 24.5 Å². The van der Waals surface area contributed by atoms with E-state index in [0.717, 1.165) is 53.6 Å². The van der Waals surface area contributed by atoms with E-state index in [9.17, 15) is 48.3 Å². The number of carbonyl (C=O) groups is 8. The number of amides is 7. The Balaban J connectivity index is 0.418. The predicted octanol–water partition coefficient (Wildman–Crippen LogP) is 4.97. The molecule has 129 heavy (non-hydrogen) atoms. The van der Waals surface area contributed by atoms with Crippen LogP contribution in [0.2, 0.25) is 0 Å². The average molecular weight is 1800 g/mol. The van der Waals surface area contributed by atoms with E-state index < -0.39 is 71.2 Å². The number of piperidine rings is 1. The van der Waals surface area contributed by atoms with Crippen molar-refractivity contribution in [2.24, 2.45) is 23.0 Å². The van der Waals surface area contributed by atoms with Crippen molar-refractivity contribution in [1.82, 2.24) is 41.0 Å². The number of cyclic esters (lactones) is 1. The van der Waals surface area contributed by atoms with Gasteiger partial charge in [0.05, 0.1) is 232 Å². The number of nitrogens with one attached hydrogen (secondary N) is 5. The van der Waals surface area contributed by atoms with Crippen LogP contribution in [-0.4, -0.2) is 283 Å². The monoisotopic (exact) mass is 1800 g/mol. The van der Waals surface area contributed by atoms with Crippen LogP contribution < -0.4 is 42.8 Å². The van der Waals surface area contributed by atoms with Crippen molar-refractivity contribution in [2.75, 3.05) is 209 Å². The Bertz CT molecular complexity index is 4680. The normalized spacial score (nSPS) is 16.9. The Morgan fingerprint density at radius 3 is 1.71 bits per heavy atom. The second kappa shape index (κ2) is 52.1. The number of aryl methyl sites for hydroxylation is 1. The topological polar surface area (TPSA) is 414 Å². The molecule has 2 aromatic heterocycles. The predicted molar refractivity (Wildman–Crippen MR) is 472 cm³/mol. The molecule has 2 fully saturated rings. The highest BCUT2D eigenvalue weighted by atomic mass is 19.1. The Hall–Kier alpha value is -9.33. The maximum Gasteiger partial charge on any atom is 0.343 e. The van der Waals surface area contributed by atoms with E-state index in [-0.39, 0.29) is 111 Å². The molecule has 4 atom stereocenters. The number of aromatic nitrogens is 2. The molecule has 35 heteroatoms. The van der Waals surface area contributed by atoms with E-state index >= 15 is 4.39 Å². The van der Waals surface area contributed by atoms with Gasteiger partial charge in [-0.2, -0.15) is 0 Å². The van der Waals surface area contributed by atoms with Gasteiger partial charge >= 0.3 is 5.97 Å². The van der Waals surface area contributed by atoms with Crippen molar-refractivity contribution in [3.8, 4) is 23.2 Å². The third kappa shape index (κ3) is 28.8. The van der Waals surface area contributed by atoms with Gasteiger partial charge in [-0.05, 0) is 136 Å². The number of carbonyl (C=O) groups excluding carboxylic acids is 8. The number of nitrogens with two attached hydrogens (primary N) is 1. The van der Waals surface area contributed by atoms with E-state index in [2.05, 4.69) is 38.4 Å². The molecule has 5 aromatic rings. The molecule has 1 spiro atoms. The molecule has 0 radical (unpaired) electrons. The maximum absolute atomic E-state index is 15.5. The zero-order chi connectivity index (χ0) is 91.3. The standard InChI is InChI=1S/C94H129FN10O24/c1-5-94(115)73-56-79-87-71(62-105(79)91(113)72(73)63-129-92(94)114)85-75(20-19-70-65(4)74(95)57-77(100-87)84(70)85)99-81(107)60-98-89(111)76(15-10-11-26-96)101-90(112)86(64(2)3)102-80(106)22-30-116-32-34-118-36-38-120-40-42-122-44-46-124-48-50-126-52-54-128-55-53-127-51-49-125-47-45-123-43-41-121-39-37-119-35-33-117-31-23-82(108)103-28-24-93(25-29-103)58-69(59-93)88(110)97-27-21-83(109)104-61-68-14-7-6-12-66(68)17-18-67-13-8-9-16-78(67)104/h6-9,12-14,16,56-57,64,69,75-76,86,115H,5,10-11,15,19-55,58-63,96H2,1-4H3,(H,97,110)(H,98,111)(H,99,107)(H,101,112)(H,102,106). The van der Waals surface area contributed by atoms with Gasteiger partial charge in [0.2, 0.25) is 41.4 Å². The second-order valence-corrected chi connectivity index (χ2v) is 33.2. The minimum atomic E-state index is -2.06. The number of hydrogen-bond donors (Lipinski definition) is 7. The van der Waals surface area contributed by atoms with Crippen molar-refractivity contribution in [3.63, 3.8) is 0 Å². The number of ether oxygens (including phenoxy) is 14. The lowest BCUT2D eigenvalue weighted by Crippen LogP contribution is -2.56. The van der Waals surface area contributed by atoms with E-state index in [1.54, 1.807) is 38.7 Å². The van der Waals surface area contributed by atoms with E-state index in [1.807, 2.05) is 53.4 Å². The van der Waals surface area contributed by atoms with Gasteiger partial charge in [0.15, 0.2) is 5.60 Å². The first-order chi connectivity index (χ1) is 62.7. The molecular formula is C94H129FN10O24. The largest absolute Gasteiger partial charge is 0.458 e. The number of unbranched alkanes of at least 4 members (excludes halogenated alkanes) is 1. The first-order valence-corrected chi connectivity index (χ1v) is 45.4. The number of rotatable bonds is 59. The van der Waals surface area contributed by atoms with Crippen LogP contribution in [0.25, 0.3) is 22.3 Å². The smallest absolute Gasteiger partial charge is 0.343 e. The van der Waals surface area contributed by atoms with E-state index in [4.69, 9.17) is 77.0 Å². The fourth-order valence-electron chi connectivity index (χ4n) is 16.9. The maximum atomic E-state index is 15.5. The first kappa shape index (κ1) is 100. The van der Waals surface area contributed by atoms with Gasteiger partial charge in [-0.1, -0.05) is 62.9 Å². The van der Waals surface area contributed by atoms with Crippen molar-refractivity contribution in [2.45, 2.75) is 155 Å². The summed E-state index contributed by atoms with van der Waals surface area (Å²) >= 11 is 0. The quantitative estimate of drug-likeness (QED) is 0.0150. The molecule has 6 heterocycles. The molecule has 8 N–H and O–H groups in total. The molecule has 3 aromatic carbocycles. The van der Waals surface area contributed by atoms with Crippen molar-refractivity contribution in [3.05, 3.63) is 127 Å². The van der Waals surface area contributed by atoms with Gasteiger partial charge in [0.25, 0.3) is 5.56 Å². The molecule has 2 aliphatic carbocycles. The van der Waals surface area contributed by atoms with Crippen LogP contribution in [0, 0.1) is 41.8 Å². The number of fused-ring (bicyclic) bond motifs is 7. The summed E-state index contributed by atoms with van der Waals surface area (Å²) in [5, 5.41) is 26.4. The molecule has 1 saturated carbocycles. The Morgan fingerprint density at radius 1 is 0.620 bits per heavy atom. The number of benzene rings is 3. The number of aliphatic hydroxyl groups is 1. The third-order valence-electron chi connectivity index (χ3n) is 24.1. The van der Waals surface area contributed by atoms with Crippen LogP contribution >= 0.6 is 0 Å². The summed E-state index contributed by atoms with van der Waals surface area (Å²) in [5.74, 6) is 2.50. The lowest BCUT2D eigenvalue weighted by molar-refractivity contribution is -0.172. The van der Waals surface area contributed by atoms with Crippen LogP contribution in [-0.2, 0) is 136 Å². The summed E-state index contributed by atoms with van der Waals surface area (Å²) in [6.45, 7) is 18.4. The van der Waals surface area contributed by atoms with Gasteiger partial charge in [-0.3, -0.25) is 38.4 Å². The molecule has 6 aliphatic rings. The number of anilines is 1. The van der Waals surface area contributed by atoms with Crippen LogP contribution in [0.15, 0.2) is 65.5 Å². The third-order valence-corrected chi connectivity index (χ3v) is 24.1. The molecule has 0 bridgehead atoms. The molecule has 7 amide bonds. The summed E-state index contributed by atoms with van der Waals surface area (Å²) < 4.78 is 94.9. The highest BCUT2D eigenvalue weighted by molar-refractivity contribution is 5.97. The summed E-state index contributed by atoms with van der Waals surface area (Å²) in [6.07, 6.45) is 5.74. The molecule has 4 aliphatic heterocycles. The summed E-state index contributed by atoms with van der Waals surface area (Å²) in [5.41, 5.74) is 10.5. The summed E-state index contributed by atoms with van der Waals surface area (Å²) in [4.78, 5) is 130. The fourth-order valence-corrected chi connectivity index (χ4v) is 16.9. The van der Waals surface area contributed by atoms with Gasteiger partial charge in [-0.15, -0.1) is 0 Å².